The molecule has 2 aromatic rings. The first-order valence-electron chi connectivity index (χ1n) is 7.93. The maximum Gasteiger partial charge on any atom is 0.238 e. The molecule has 1 aliphatic heterocycles. The molecule has 0 saturated heterocycles. The molecule has 1 N–H and O–H groups in total. The van der Waals surface area contributed by atoms with Gasteiger partial charge in [0.05, 0.1) is 12.2 Å². The van der Waals surface area contributed by atoms with Crippen LogP contribution < -0.4 is 14.8 Å². The summed E-state index contributed by atoms with van der Waals surface area (Å²) in [5, 5.41) is 4.84. The summed E-state index contributed by atoms with van der Waals surface area (Å²) in [6, 6.07) is 7.43. The van der Waals surface area contributed by atoms with Crippen molar-refractivity contribution in [2.24, 2.45) is 0 Å². The monoisotopic (exact) mass is 360 g/mol. The highest BCUT2D eigenvalue weighted by molar-refractivity contribution is 7.10. The maximum absolute atomic E-state index is 12.4. The third-order valence-corrected chi connectivity index (χ3v) is 5.22. The third kappa shape index (κ3) is 3.83. The first-order chi connectivity index (χ1) is 12.0. The number of ether oxygens (including phenoxy) is 2. The largest absolute Gasteiger partial charge is 0.454 e. The number of fused-ring (bicyclic) bond motifs is 1. The second-order valence-corrected chi connectivity index (χ2v) is 6.94. The highest BCUT2D eigenvalue weighted by atomic mass is 32.1. The Kier molecular flexibility index (Phi) is 5.06. The first-order valence-corrected chi connectivity index (χ1v) is 8.81. The van der Waals surface area contributed by atoms with Gasteiger partial charge in [0, 0.05) is 22.5 Å². The average Bonchev–Trinajstić information content (AvgIpc) is 3.24. The van der Waals surface area contributed by atoms with E-state index in [-0.39, 0.29) is 31.1 Å². The van der Waals surface area contributed by atoms with Gasteiger partial charge in [0.2, 0.25) is 12.7 Å². The fraction of sp³-hybridized carbons (Fsp3) is 0.333. The number of nitrogens with one attached hydrogen (secondary N) is 1. The lowest BCUT2D eigenvalue weighted by molar-refractivity contribution is -0.117. The van der Waals surface area contributed by atoms with Gasteiger partial charge < -0.3 is 14.8 Å². The van der Waals surface area contributed by atoms with Gasteiger partial charge in [-0.2, -0.15) is 0 Å². The number of likely N-dealkylation sites (N-methyl/N-ethyl adjacent to an activating group) is 1. The van der Waals surface area contributed by atoms with E-state index >= 15 is 0 Å². The average molecular weight is 360 g/mol. The molecule has 0 aliphatic carbocycles. The molecule has 1 amide bonds. The van der Waals surface area contributed by atoms with Crippen molar-refractivity contribution >= 4 is 28.7 Å². The molecule has 1 aromatic heterocycles. The van der Waals surface area contributed by atoms with E-state index in [9.17, 15) is 9.59 Å². The van der Waals surface area contributed by atoms with Gasteiger partial charge in [-0.3, -0.25) is 14.5 Å². The van der Waals surface area contributed by atoms with Gasteiger partial charge in [-0.1, -0.05) is 6.07 Å². The number of Topliss-reactive ketones (excluding diaryl/α,β-unsaturated/α-hetero) is 1. The molecule has 7 heteroatoms. The van der Waals surface area contributed by atoms with Gasteiger partial charge in [0.15, 0.2) is 17.3 Å². The minimum Gasteiger partial charge on any atom is -0.454 e. The molecule has 1 aromatic carbocycles. The number of hydrogen-bond donors (Lipinski definition) is 1. The highest BCUT2D eigenvalue weighted by Crippen LogP contribution is 2.37. The van der Waals surface area contributed by atoms with Crippen LogP contribution in [0.1, 0.15) is 35.1 Å². The van der Waals surface area contributed by atoms with Crippen molar-refractivity contribution in [1.82, 2.24) is 4.90 Å². The normalized spacial score (nSPS) is 13.8. The minimum atomic E-state index is -0.188. The van der Waals surface area contributed by atoms with Crippen LogP contribution in [0.4, 0.5) is 5.69 Å². The zero-order valence-corrected chi connectivity index (χ0v) is 15.2. The van der Waals surface area contributed by atoms with Gasteiger partial charge in [-0.15, -0.1) is 11.3 Å². The van der Waals surface area contributed by atoms with Gasteiger partial charge in [0.1, 0.15) is 0 Å². The van der Waals surface area contributed by atoms with E-state index in [2.05, 4.69) is 18.3 Å². The van der Waals surface area contributed by atoms with Crippen LogP contribution in [0, 0.1) is 0 Å². The Morgan fingerprint density at radius 2 is 2.04 bits per heavy atom. The number of amides is 1. The molecule has 1 atom stereocenters. The summed E-state index contributed by atoms with van der Waals surface area (Å²) in [7, 11) is 1.90. The van der Waals surface area contributed by atoms with Crippen molar-refractivity contribution < 1.29 is 19.1 Å². The maximum atomic E-state index is 12.4. The molecule has 132 valence electrons. The molecule has 1 aliphatic rings. The van der Waals surface area contributed by atoms with Gasteiger partial charge in [0.25, 0.3) is 0 Å². The van der Waals surface area contributed by atoms with E-state index in [1.165, 1.54) is 11.8 Å². The van der Waals surface area contributed by atoms with Gasteiger partial charge >= 0.3 is 0 Å². The molecule has 25 heavy (non-hydrogen) atoms. The second-order valence-electron chi connectivity index (χ2n) is 5.96. The third-order valence-electron chi connectivity index (χ3n) is 4.18. The molecule has 0 radical (unpaired) electrons. The van der Waals surface area contributed by atoms with Crippen molar-refractivity contribution in [1.29, 1.82) is 0 Å². The van der Waals surface area contributed by atoms with E-state index in [1.54, 1.807) is 23.5 Å². The number of carbonyl (C=O) groups is 2. The standard InChI is InChI=1S/C18H20N2O4S/c1-11(17-5-4-6-25-17)20(3)9-18(22)19-14-8-16-15(23-10-24-16)7-13(14)12(2)21/h4-8,11H,9-10H2,1-3H3,(H,19,22). The number of thiophene rings is 1. The Labute approximate surface area is 150 Å². The topological polar surface area (TPSA) is 67.9 Å². The summed E-state index contributed by atoms with van der Waals surface area (Å²) in [5.74, 6) is 0.716. The second kappa shape index (κ2) is 7.25. The quantitative estimate of drug-likeness (QED) is 0.801. The molecule has 0 spiro atoms. The van der Waals surface area contributed by atoms with Crippen LogP contribution in [0.25, 0.3) is 0 Å². The smallest absolute Gasteiger partial charge is 0.238 e. The van der Waals surface area contributed by atoms with Crippen LogP contribution in [0.3, 0.4) is 0 Å². The summed E-state index contributed by atoms with van der Waals surface area (Å²) in [6.45, 7) is 3.84. The predicted molar refractivity (Wildman–Crippen MR) is 96.6 cm³/mol. The minimum absolute atomic E-state index is 0.116. The summed E-state index contributed by atoms with van der Waals surface area (Å²) in [5.41, 5.74) is 0.852. The molecule has 0 fully saturated rings. The molecular weight excluding hydrogens is 340 g/mol. The van der Waals surface area contributed by atoms with Crippen LogP contribution in [-0.4, -0.2) is 37.0 Å². The zero-order chi connectivity index (χ0) is 18.0. The lowest BCUT2D eigenvalue weighted by Crippen LogP contribution is -2.32. The fourth-order valence-electron chi connectivity index (χ4n) is 2.64. The van der Waals surface area contributed by atoms with Crippen molar-refractivity contribution in [2.75, 3.05) is 25.7 Å². The highest BCUT2D eigenvalue weighted by Gasteiger charge is 2.21. The SMILES string of the molecule is CC(=O)c1cc2c(cc1NC(=O)CN(C)C(C)c1cccs1)OCO2. The summed E-state index contributed by atoms with van der Waals surface area (Å²) < 4.78 is 10.6. The van der Waals surface area contributed by atoms with Crippen LogP contribution in [0.15, 0.2) is 29.6 Å². The fourth-order valence-corrected chi connectivity index (χ4v) is 3.48. The van der Waals surface area contributed by atoms with E-state index in [0.717, 1.165) is 0 Å². The number of hydrogen-bond acceptors (Lipinski definition) is 6. The lowest BCUT2D eigenvalue weighted by atomic mass is 10.1. The molecule has 3 rings (SSSR count). The van der Waals surface area contributed by atoms with Gasteiger partial charge in [-0.25, -0.2) is 0 Å². The van der Waals surface area contributed by atoms with E-state index in [0.29, 0.717) is 22.7 Å². The summed E-state index contributed by atoms with van der Waals surface area (Å²) >= 11 is 1.66. The molecule has 2 heterocycles. The van der Waals surface area contributed by atoms with Crippen molar-refractivity contribution in [2.45, 2.75) is 19.9 Å². The number of nitrogens with zero attached hydrogens (tertiary/aromatic N) is 1. The van der Waals surface area contributed by atoms with E-state index in [1.807, 2.05) is 23.4 Å². The van der Waals surface area contributed by atoms with Crippen LogP contribution >= 0.6 is 11.3 Å². The first kappa shape index (κ1) is 17.4. The Hall–Kier alpha value is -2.38. The van der Waals surface area contributed by atoms with Crippen LogP contribution in [0.5, 0.6) is 11.5 Å². The van der Waals surface area contributed by atoms with Crippen molar-refractivity contribution in [3.05, 3.63) is 40.1 Å². The predicted octanol–water partition coefficient (Wildman–Crippen LogP) is 3.31. The zero-order valence-electron chi connectivity index (χ0n) is 14.4. The van der Waals surface area contributed by atoms with E-state index < -0.39 is 0 Å². The Morgan fingerprint density at radius 3 is 2.68 bits per heavy atom. The number of carbonyl (C=O) groups excluding carboxylic acids is 2. The van der Waals surface area contributed by atoms with E-state index in [4.69, 9.17) is 9.47 Å². The molecular formula is C18H20N2O4S. The summed E-state index contributed by atoms with van der Waals surface area (Å²) in [6.07, 6.45) is 0. The summed E-state index contributed by atoms with van der Waals surface area (Å²) in [4.78, 5) is 27.5. The lowest BCUT2D eigenvalue weighted by Gasteiger charge is -2.23. The number of rotatable bonds is 6. The molecule has 6 nitrogen and oxygen atoms in total. The van der Waals surface area contributed by atoms with Gasteiger partial charge in [-0.05, 0) is 38.4 Å². The Morgan fingerprint density at radius 1 is 1.32 bits per heavy atom. The molecule has 0 saturated carbocycles. The van der Waals surface area contributed by atoms with Crippen LogP contribution in [-0.2, 0) is 4.79 Å². The van der Waals surface area contributed by atoms with Crippen molar-refractivity contribution in [3.63, 3.8) is 0 Å². The van der Waals surface area contributed by atoms with Crippen LogP contribution in [0.2, 0.25) is 0 Å². The molecule has 1 unspecified atom stereocenters. The Bertz CT molecular complexity index is 789. The number of ketones is 1. The number of anilines is 1. The Balaban J connectivity index is 1.71. The number of benzene rings is 1. The van der Waals surface area contributed by atoms with Crippen molar-refractivity contribution in [3.8, 4) is 11.5 Å². The molecule has 0 bridgehead atoms.